The fourth-order valence-electron chi connectivity index (χ4n) is 2.19. The lowest BCUT2D eigenvalue weighted by molar-refractivity contribution is 0.0496. The fraction of sp³-hybridized carbons (Fsp3) is 0.267. The Hall–Kier alpha value is -2.63. The van der Waals surface area contributed by atoms with Crippen molar-refractivity contribution in [1.82, 2.24) is 19.7 Å². The predicted molar refractivity (Wildman–Crippen MR) is 78.0 cm³/mol. The molecule has 0 aliphatic carbocycles. The van der Waals surface area contributed by atoms with Crippen molar-refractivity contribution in [3.05, 3.63) is 48.2 Å². The zero-order chi connectivity index (χ0) is 14.7. The molecule has 3 rings (SSSR count). The second-order valence-electron chi connectivity index (χ2n) is 4.83. The van der Waals surface area contributed by atoms with Crippen LogP contribution in [0.4, 0.5) is 0 Å². The number of nitrogens with one attached hydrogen (secondary N) is 1. The van der Waals surface area contributed by atoms with Gasteiger partial charge < -0.3 is 9.30 Å². The Morgan fingerprint density at radius 3 is 3.14 bits per heavy atom. The first kappa shape index (κ1) is 13.4. The van der Waals surface area contributed by atoms with Crippen LogP contribution in [-0.2, 0) is 11.3 Å². The van der Waals surface area contributed by atoms with Gasteiger partial charge in [0.1, 0.15) is 5.82 Å². The number of rotatable bonds is 5. The summed E-state index contributed by atoms with van der Waals surface area (Å²) >= 11 is 0. The topological polar surface area (TPSA) is 72.8 Å². The molecule has 1 N–H and O–H groups in total. The summed E-state index contributed by atoms with van der Waals surface area (Å²) in [7, 11) is 0. The number of ether oxygens (including phenoxy) is 1. The second-order valence-corrected chi connectivity index (χ2v) is 4.83. The quantitative estimate of drug-likeness (QED) is 0.576. The van der Waals surface area contributed by atoms with E-state index in [0.29, 0.717) is 12.2 Å². The monoisotopic (exact) mass is 284 g/mol. The van der Waals surface area contributed by atoms with Crippen LogP contribution in [0.15, 0.2) is 36.8 Å². The first-order valence-electron chi connectivity index (χ1n) is 6.82. The van der Waals surface area contributed by atoms with Crippen LogP contribution in [0.1, 0.15) is 22.6 Å². The van der Waals surface area contributed by atoms with Gasteiger partial charge in [-0.15, -0.1) is 0 Å². The van der Waals surface area contributed by atoms with E-state index >= 15 is 0 Å². The number of hydrogen-bond acceptors (Lipinski definition) is 4. The number of imidazole rings is 1. The number of aromatic nitrogens is 4. The number of esters is 1. The molecule has 6 heteroatoms. The van der Waals surface area contributed by atoms with Crippen LogP contribution in [-0.4, -0.2) is 32.3 Å². The van der Waals surface area contributed by atoms with Gasteiger partial charge in [0.25, 0.3) is 0 Å². The molecule has 3 aromatic rings. The van der Waals surface area contributed by atoms with Gasteiger partial charge in [0.2, 0.25) is 0 Å². The number of aryl methyl sites for hydroxylation is 2. The Morgan fingerprint density at radius 2 is 2.33 bits per heavy atom. The van der Waals surface area contributed by atoms with Crippen molar-refractivity contribution in [3.8, 4) is 0 Å². The van der Waals surface area contributed by atoms with Crippen molar-refractivity contribution in [1.29, 1.82) is 0 Å². The maximum atomic E-state index is 12.0. The molecule has 0 bridgehead atoms. The summed E-state index contributed by atoms with van der Waals surface area (Å²) in [5.74, 6) is 0.653. The highest BCUT2D eigenvalue weighted by Crippen LogP contribution is 2.13. The molecule has 0 amide bonds. The molecular weight excluding hydrogens is 268 g/mol. The van der Waals surface area contributed by atoms with E-state index in [2.05, 4.69) is 15.2 Å². The minimum atomic E-state index is -0.311. The highest BCUT2D eigenvalue weighted by atomic mass is 16.5. The van der Waals surface area contributed by atoms with Crippen molar-refractivity contribution in [2.75, 3.05) is 6.61 Å². The van der Waals surface area contributed by atoms with Gasteiger partial charge in [-0.3, -0.25) is 5.10 Å². The van der Waals surface area contributed by atoms with Crippen LogP contribution in [0, 0.1) is 6.92 Å². The first-order chi connectivity index (χ1) is 10.2. The van der Waals surface area contributed by atoms with Crippen LogP contribution < -0.4 is 0 Å². The molecule has 0 saturated heterocycles. The molecule has 1 aromatic carbocycles. The number of aromatic amines is 1. The van der Waals surface area contributed by atoms with Gasteiger partial charge in [-0.1, -0.05) is 6.07 Å². The zero-order valence-corrected chi connectivity index (χ0v) is 11.7. The number of carbonyl (C=O) groups is 1. The molecule has 2 aromatic heterocycles. The molecule has 0 aliphatic heterocycles. The van der Waals surface area contributed by atoms with Crippen LogP contribution in [0.3, 0.4) is 0 Å². The number of carbonyl (C=O) groups excluding carboxylic acids is 1. The molecule has 6 nitrogen and oxygen atoms in total. The fourth-order valence-corrected chi connectivity index (χ4v) is 2.19. The van der Waals surface area contributed by atoms with Crippen molar-refractivity contribution in [2.45, 2.75) is 19.9 Å². The van der Waals surface area contributed by atoms with Gasteiger partial charge in [-0.25, -0.2) is 9.78 Å². The minimum absolute atomic E-state index is 0.311. The summed E-state index contributed by atoms with van der Waals surface area (Å²) in [6.07, 6.45) is 6.16. The lowest BCUT2D eigenvalue weighted by atomic mass is 10.2. The Balaban J connectivity index is 1.53. The summed E-state index contributed by atoms with van der Waals surface area (Å²) in [5.41, 5.74) is 1.36. The largest absolute Gasteiger partial charge is 0.462 e. The van der Waals surface area contributed by atoms with Gasteiger partial charge in [0, 0.05) is 24.3 Å². The van der Waals surface area contributed by atoms with E-state index in [9.17, 15) is 4.79 Å². The van der Waals surface area contributed by atoms with Gasteiger partial charge in [0.15, 0.2) is 0 Å². The molecule has 0 fully saturated rings. The van der Waals surface area contributed by atoms with E-state index < -0.39 is 0 Å². The van der Waals surface area contributed by atoms with Crippen LogP contribution in [0.25, 0.3) is 10.9 Å². The van der Waals surface area contributed by atoms with E-state index in [1.54, 1.807) is 24.5 Å². The molecule has 0 unspecified atom stereocenters. The molecule has 0 aliphatic rings. The van der Waals surface area contributed by atoms with E-state index in [0.717, 1.165) is 29.7 Å². The smallest absolute Gasteiger partial charge is 0.338 e. The average Bonchev–Trinajstić information content (AvgIpc) is 3.11. The van der Waals surface area contributed by atoms with Crippen LogP contribution in [0.5, 0.6) is 0 Å². The second kappa shape index (κ2) is 5.78. The molecular formula is C15H16N4O2. The third-order valence-electron chi connectivity index (χ3n) is 3.38. The highest BCUT2D eigenvalue weighted by Gasteiger charge is 2.08. The van der Waals surface area contributed by atoms with Crippen LogP contribution in [0.2, 0.25) is 0 Å². The maximum Gasteiger partial charge on any atom is 0.338 e. The molecule has 0 atom stereocenters. The molecule has 0 radical (unpaired) electrons. The summed E-state index contributed by atoms with van der Waals surface area (Å²) in [4.78, 5) is 16.1. The lowest BCUT2D eigenvalue weighted by Crippen LogP contribution is -2.09. The summed E-state index contributed by atoms with van der Waals surface area (Å²) in [6.45, 7) is 3.13. The number of fused-ring (bicyclic) bond motifs is 1. The van der Waals surface area contributed by atoms with Gasteiger partial charge in [-0.2, -0.15) is 5.10 Å². The van der Waals surface area contributed by atoms with E-state index in [1.165, 1.54) is 0 Å². The molecule has 0 spiro atoms. The third kappa shape index (κ3) is 2.94. The molecule has 21 heavy (non-hydrogen) atoms. The van der Waals surface area contributed by atoms with Crippen molar-refractivity contribution in [3.63, 3.8) is 0 Å². The molecule has 108 valence electrons. The minimum Gasteiger partial charge on any atom is -0.462 e. The van der Waals surface area contributed by atoms with Gasteiger partial charge in [0.05, 0.1) is 23.9 Å². The molecule has 0 saturated carbocycles. The third-order valence-corrected chi connectivity index (χ3v) is 3.38. The van der Waals surface area contributed by atoms with Gasteiger partial charge >= 0.3 is 5.97 Å². The average molecular weight is 284 g/mol. The SMILES string of the molecule is Cc1nccn1CCCOC(=O)c1ccc2cn[nH]c2c1. The first-order valence-corrected chi connectivity index (χ1v) is 6.82. The van der Waals surface area contributed by atoms with Gasteiger partial charge in [-0.05, 0) is 25.5 Å². The van der Waals surface area contributed by atoms with Crippen molar-refractivity contribution in [2.24, 2.45) is 0 Å². The number of H-pyrrole nitrogens is 1. The standard InChI is InChI=1S/C15H16N4O2/c1-11-16-5-7-19(11)6-2-8-21-15(20)12-3-4-13-10-17-18-14(13)9-12/h3-5,7,9-10H,2,6,8H2,1H3,(H,17,18). The molecule has 2 heterocycles. The van der Waals surface area contributed by atoms with Crippen molar-refractivity contribution >= 4 is 16.9 Å². The zero-order valence-electron chi connectivity index (χ0n) is 11.7. The van der Waals surface area contributed by atoms with E-state index in [1.807, 2.05) is 23.8 Å². The van der Waals surface area contributed by atoms with E-state index in [-0.39, 0.29) is 5.97 Å². The number of benzene rings is 1. The Labute approximate surface area is 121 Å². The Kier molecular flexibility index (Phi) is 3.68. The number of hydrogen-bond donors (Lipinski definition) is 1. The van der Waals surface area contributed by atoms with E-state index in [4.69, 9.17) is 4.74 Å². The summed E-state index contributed by atoms with van der Waals surface area (Å²) in [6, 6.07) is 5.36. The Bertz CT molecular complexity index is 760. The summed E-state index contributed by atoms with van der Waals surface area (Å²) in [5, 5.41) is 7.74. The highest BCUT2D eigenvalue weighted by molar-refractivity contribution is 5.94. The Morgan fingerprint density at radius 1 is 1.43 bits per heavy atom. The van der Waals surface area contributed by atoms with Crippen molar-refractivity contribution < 1.29 is 9.53 Å². The maximum absolute atomic E-state index is 12.0. The lowest BCUT2D eigenvalue weighted by Gasteiger charge is -2.06. The van der Waals surface area contributed by atoms with Crippen LogP contribution >= 0.6 is 0 Å². The summed E-state index contributed by atoms with van der Waals surface area (Å²) < 4.78 is 7.32. The normalized spacial score (nSPS) is 10.9. The number of nitrogens with zero attached hydrogens (tertiary/aromatic N) is 3. The predicted octanol–water partition coefficient (Wildman–Crippen LogP) is 2.31.